The molecule has 0 aromatic rings. The number of carbonyl (C=O) groups is 4. The second-order valence-corrected chi connectivity index (χ2v) is 38.4. The van der Waals surface area contributed by atoms with Crippen LogP contribution in [0.4, 0.5) is 0 Å². The summed E-state index contributed by atoms with van der Waals surface area (Å²) in [6.45, 7) is 7.23. The molecule has 30 saturated heterocycles. The summed E-state index contributed by atoms with van der Waals surface area (Å²) in [4.78, 5) is 47.0. The fourth-order valence-electron chi connectivity index (χ4n) is 14.2. The molecule has 30 aliphatic rings. The monoisotopic (exact) mass is 1820 g/mol. The van der Waals surface area contributed by atoms with E-state index >= 15 is 0 Å². The first-order valence-electron chi connectivity index (χ1n) is 38.2. The van der Waals surface area contributed by atoms with Gasteiger partial charge in [0.2, 0.25) is 0 Å². The molecule has 30 rings (SSSR count). The van der Waals surface area contributed by atoms with Crippen molar-refractivity contribution in [3.8, 4) is 0 Å². The van der Waals surface area contributed by atoms with Crippen molar-refractivity contribution in [1.82, 2.24) is 0 Å². The Balaban J connectivity index is 1.08. The lowest BCUT2D eigenvalue weighted by atomic mass is 9.95. The Hall–Kier alpha value is -0.600. The van der Waals surface area contributed by atoms with E-state index in [2.05, 4.69) is 0 Å². The first kappa shape index (κ1) is 99.2. The molecule has 116 heavy (non-hydrogen) atoms. The molecular weight excluding hydrogens is 1710 g/mol. The lowest BCUT2D eigenvalue weighted by Crippen LogP contribution is -2.69. The molecule has 20 N–H and O–H groups in total. The molecule has 0 aromatic heterocycles. The number of carboxylic acids is 4. The average molecular weight is 1830 g/mol. The Morgan fingerprint density at radius 1 is 0.198 bits per heavy atom. The highest BCUT2D eigenvalue weighted by molar-refractivity contribution is 8.00. The molecule has 40 nitrogen and oxygen atoms in total. The molecule has 40 atom stereocenters. The third kappa shape index (κ3) is 25.9. The van der Waals surface area contributed by atoms with E-state index in [0.29, 0.717) is 23.0 Å². The van der Waals surface area contributed by atoms with Crippen molar-refractivity contribution >= 4 is 118 Å². The molecule has 30 heterocycles. The van der Waals surface area contributed by atoms with Gasteiger partial charge in [0.05, 0.1) is 74.5 Å². The second-order valence-electron chi connectivity index (χ2n) is 28.5. The minimum Gasteiger partial charge on any atom is -0.481 e. The Morgan fingerprint density at radius 3 is 0.431 bits per heavy atom. The van der Waals surface area contributed by atoms with Crippen LogP contribution in [0.3, 0.4) is 0 Å². The van der Waals surface area contributed by atoms with Crippen LogP contribution in [0.5, 0.6) is 0 Å². The average Bonchev–Trinajstić information content (AvgIpc) is 0.773. The van der Waals surface area contributed by atoms with Crippen molar-refractivity contribution < 1.29 is 197 Å². The summed E-state index contributed by atoms with van der Waals surface area (Å²) in [7, 11) is 0. The first-order valence-corrected chi connectivity index (χ1v) is 47.4. The number of hydrogen-bond donors (Lipinski definition) is 20. The highest BCUT2D eigenvalue weighted by Crippen LogP contribution is 2.43. The zero-order valence-corrected chi connectivity index (χ0v) is 70.1. The van der Waals surface area contributed by atoms with E-state index in [-0.39, 0.29) is 81.9 Å². The van der Waals surface area contributed by atoms with Gasteiger partial charge in [0.15, 0.2) is 50.3 Å². The second kappa shape index (κ2) is 47.8. The number of aliphatic hydroxyl groups excluding tert-OH is 16. The number of rotatable bonds is 32. The Morgan fingerprint density at radius 2 is 0.319 bits per heavy atom. The van der Waals surface area contributed by atoms with Crippen molar-refractivity contribution in [2.24, 2.45) is 0 Å². The SMILES string of the molecule is CCSCC1OC2OC3C(CSCC)OC(OC4C(CSCCC(=O)O)OC(OC5C(CSCCC(=O)O)OC(OC6C(CSCCC(=O)O)OC(OC7C(CSCCC(=O)O)OC(OC8C(CSCC)OC(OC9C(CSCC)OC(OC1C(O)C2O)C(O)C9O)C(O)C8O)C(O)C7O)C(O)C6O)C(O)C5O)C(O)C4O)C(O)C3O. The van der Waals surface area contributed by atoms with Gasteiger partial charge in [-0.3, -0.25) is 19.2 Å². The molecule has 16 bridgehead atoms. The third-order valence-corrected chi connectivity index (χ3v) is 28.5. The molecule has 0 saturated carbocycles. The van der Waals surface area contributed by atoms with Crippen LogP contribution in [0.2, 0.25) is 0 Å². The van der Waals surface area contributed by atoms with Crippen LogP contribution >= 0.6 is 94.1 Å². The number of aliphatic carboxylic acids is 4. The Labute approximate surface area is 701 Å². The van der Waals surface area contributed by atoms with E-state index in [9.17, 15) is 121 Å². The number of aliphatic hydroxyl groups is 16. The van der Waals surface area contributed by atoms with Gasteiger partial charge < -0.3 is 178 Å². The summed E-state index contributed by atoms with van der Waals surface area (Å²) in [6.07, 6.45) is -75.6. The maximum atomic E-state index is 12.2. The Bertz CT molecular complexity index is 2920. The summed E-state index contributed by atoms with van der Waals surface area (Å²) < 4.78 is 101. The van der Waals surface area contributed by atoms with Gasteiger partial charge in [-0.05, 0) is 23.0 Å². The molecule has 0 aromatic carbocycles. The van der Waals surface area contributed by atoms with Gasteiger partial charge in [-0.2, -0.15) is 94.1 Å². The van der Waals surface area contributed by atoms with Crippen molar-refractivity contribution in [2.45, 2.75) is 299 Å². The fraction of sp³-hybridized carbons (Fsp3) is 0.941. The van der Waals surface area contributed by atoms with Crippen molar-refractivity contribution in [3.05, 3.63) is 0 Å². The maximum Gasteiger partial charge on any atom is 0.304 e. The predicted molar refractivity (Wildman–Crippen MR) is 415 cm³/mol. The zero-order valence-electron chi connectivity index (χ0n) is 63.6. The molecule has 48 heteroatoms. The lowest BCUT2D eigenvalue weighted by molar-refractivity contribution is -0.396. The van der Waals surface area contributed by atoms with E-state index in [0.717, 1.165) is 47.0 Å². The number of hydrogen-bond acceptors (Lipinski definition) is 44. The Kier molecular flexibility index (Phi) is 40.9. The van der Waals surface area contributed by atoms with Crippen molar-refractivity contribution in [3.63, 3.8) is 0 Å². The quantitative estimate of drug-likeness (QED) is 0.0279. The first-order chi connectivity index (χ1) is 55.3. The molecule has 40 unspecified atom stereocenters. The summed E-state index contributed by atoms with van der Waals surface area (Å²) in [5.41, 5.74) is 0. The largest absolute Gasteiger partial charge is 0.481 e. The fourth-order valence-corrected chi connectivity index (χ4v) is 21.1. The molecule has 0 spiro atoms. The summed E-state index contributed by atoms with van der Waals surface area (Å²) >= 11 is 8.96. The van der Waals surface area contributed by atoms with Crippen LogP contribution in [-0.2, 0) is 95.0 Å². The minimum atomic E-state index is -2.24. The van der Waals surface area contributed by atoms with E-state index in [1.54, 1.807) is 13.8 Å². The van der Waals surface area contributed by atoms with Crippen LogP contribution < -0.4 is 0 Å². The van der Waals surface area contributed by atoms with Gasteiger partial charge in [-0.1, -0.05) is 27.7 Å². The highest BCUT2D eigenvalue weighted by Gasteiger charge is 2.61. The van der Waals surface area contributed by atoms with Gasteiger partial charge in [-0.15, -0.1) is 0 Å². The van der Waals surface area contributed by atoms with Crippen LogP contribution in [0.25, 0.3) is 0 Å². The summed E-state index contributed by atoms with van der Waals surface area (Å²) in [6, 6.07) is 0. The van der Waals surface area contributed by atoms with Gasteiger partial charge in [-0.25, -0.2) is 0 Å². The number of thioether (sulfide) groups is 8. The molecule has 30 aliphatic heterocycles. The van der Waals surface area contributed by atoms with E-state index in [1.165, 1.54) is 47.0 Å². The summed E-state index contributed by atoms with van der Waals surface area (Å²) in [5.74, 6) is -4.45. The lowest BCUT2D eigenvalue weighted by Gasteiger charge is -2.51. The molecule has 0 aliphatic carbocycles. The minimum absolute atomic E-state index is 0.0129. The van der Waals surface area contributed by atoms with Gasteiger partial charge in [0.25, 0.3) is 0 Å². The normalized spacial score (nSPS) is 44.7. The topological polar surface area (TPSA) is 621 Å². The smallest absolute Gasteiger partial charge is 0.304 e. The van der Waals surface area contributed by atoms with Crippen LogP contribution in [0.1, 0.15) is 53.4 Å². The molecule has 0 radical (unpaired) electrons. The number of carboxylic acid groups (broad SMARTS) is 4. The van der Waals surface area contributed by atoms with Crippen LogP contribution in [0, 0.1) is 0 Å². The molecule has 30 fully saturated rings. The van der Waals surface area contributed by atoms with Crippen molar-refractivity contribution in [1.29, 1.82) is 0 Å². The van der Waals surface area contributed by atoms with Crippen LogP contribution in [0.15, 0.2) is 0 Å². The van der Waals surface area contributed by atoms with E-state index in [4.69, 9.17) is 75.8 Å². The van der Waals surface area contributed by atoms with Gasteiger partial charge >= 0.3 is 23.9 Å². The zero-order chi connectivity index (χ0) is 84.5. The van der Waals surface area contributed by atoms with E-state index in [1.807, 2.05) is 13.8 Å². The summed E-state index contributed by atoms with van der Waals surface area (Å²) in [5, 5.41) is 232. The standard InChI is InChI=1S/C68H112O40S8/c1-5-109-17-25-53-38(78)46(86)62(94-25)103-55-27(19-111-7-3)96-64(48(88)40(55)80)105-57-29(21-113-13-9-33(69)70)98-66(50(90)42(57)82)107-59-31(23-115-15-11-35(73)74)100-68(52(92)44(59)84)108-60-32(24-116-16-12-36(75)76)99-67(51(91)43(60)83)106-58-30(22-114-14-10-34(71)72)97-65(49(89)41(58)81)104-56-28(20-112-8-4)95-63(47(87)39(56)79)102-54-26(18-110-6-2)93-61(101-53)45(85)37(54)77/h25-32,37-68,77-92H,5-24H2,1-4H3,(H,69,70)(H,71,72)(H,73,74)(H,75,76). The predicted octanol–water partition coefficient (Wildman–Crippen LogP) is -5.50. The maximum absolute atomic E-state index is 12.2. The molecule has 0 amide bonds. The van der Waals surface area contributed by atoms with E-state index < -0.39 is 282 Å². The van der Waals surface area contributed by atoms with Gasteiger partial charge in [0, 0.05) is 69.0 Å². The molecule has 672 valence electrons. The van der Waals surface area contributed by atoms with Crippen LogP contribution in [-0.4, -0.2) is 464 Å². The molecular formula is C68H112O40S8. The highest BCUT2D eigenvalue weighted by atomic mass is 32.2. The number of ether oxygens (including phenoxy) is 16. The van der Waals surface area contributed by atoms with Crippen molar-refractivity contribution in [2.75, 3.05) is 92.0 Å². The van der Waals surface area contributed by atoms with Gasteiger partial charge in [0.1, 0.15) is 146 Å². The third-order valence-electron chi connectivity index (χ3n) is 20.4.